The summed E-state index contributed by atoms with van der Waals surface area (Å²) in [6.45, 7) is 17.7. The van der Waals surface area contributed by atoms with Gasteiger partial charge in [-0.05, 0) is 45.8 Å². The first kappa shape index (κ1) is 20.0. The van der Waals surface area contributed by atoms with Gasteiger partial charge in [-0.15, -0.1) is 0 Å². The molecule has 1 heterocycles. The molecule has 0 N–H and O–H groups in total. The molecule has 0 saturated carbocycles. The van der Waals surface area contributed by atoms with E-state index in [0.717, 1.165) is 0 Å². The van der Waals surface area contributed by atoms with Crippen LogP contribution in [0.3, 0.4) is 0 Å². The molecule has 0 aromatic heterocycles. The lowest BCUT2D eigenvalue weighted by atomic mass is 10.4. The van der Waals surface area contributed by atoms with Gasteiger partial charge in [-0.25, -0.2) is 4.79 Å². The van der Waals surface area contributed by atoms with Crippen molar-refractivity contribution in [3.05, 3.63) is 12.2 Å². The molecule has 0 bridgehead atoms. The van der Waals surface area contributed by atoms with E-state index in [2.05, 4.69) is 6.58 Å². The number of hydrogen-bond acceptors (Lipinski definition) is 6. The summed E-state index contributed by atoms with van der Waals surface area (Å²) in [4.78, 5) is 11.7. The molecule has 0 amide bonds. The molecule has 6 nitrogen and oxygen atoms in total. The van der Waals surface area contributed by atoms with Gasteiger partial charge < -0.3 is 21.2 Å². The van der Waals surface area contributed by atoms with Crippen molar-refractivity contribution in [2.45, 2.75) is 51.9 Å². The first-order chi connectivity index (χ1) is 9.69. The Morgan fingerprint density at radius 3 is 1.59 bits per heavy atom. The van der Waals surface area contributed by atoms with Crippen LogP contribution in [0.1, 0.15) is 0 Å². The molecule has 10 heteroatoms. The van der Waals surface area contributed by atoms with Gasteiger partial charge in [0.2, 0.25) is 0 Å². The van der Waals surface area contributed by atoms with Gasteiger partial charge in [-0.1, -0.05) is 6.58 Å². The van der Waals surface area contributed by atoms with E-state index in [9.17, 15) is 4.79 Å². The Labute approximate surface area is 137 Å². The van der Waals surface area contributed by atoms with E-state index in [-0.39, 0.29) is 0 Å². The molecule has 1 rings (SSSR count). The number of methoxy groups -OCH3 is 1. The minimum atomic E-state index is -2.70. The summed E-state index contributed by atoms with van der Waals surface area (Å²) in [7, 11) is -8.48. The second-order valence-corrected chi connectivity index (χ2v) is 21.3. The van der Waals surface area contributed by atoms with Crippen LogP contribution in [0.4, 0.5) is 0 Å². The molecule has 22 heavy (non-hydrogen) atoms. The van der Waals surface area contributed by atoms with Crippen molar-refractivity contribution in [1.82, 2.24) is 0 Å². The van der Waals surface area contributed by atoms with Crippen molar-refractivity contribution >= 4 is 40.2 Å². The van der Waals surface area contributed by atoms with E-state index in [4.69, 9.17) is 21.2 Å². The maximum absolute atomic E-state index is 11.7. The molecular formula is C12H28O6Si4. The average molecular weight is 381 g/mol. The Bertz CT molecular complexity index is 441. The standard InChI is InChI=1S/C12H28O6Si4/c1-11(12(13)14-2)10-22(9)17-20(5,6)15-19(3,4)16-21(7,8)18-22/h1,10H2,2-9H3. The Kier molecular flexibility index (Phi) is 5.84. The Balaban J connectivity index is 3.07. The highest BCUT2D eigenvalue weighted by Crippen LogP contribution is 2.33. The number of carbonyl (C=O) groups is 1. The summed E-state index contributed by atoms with van der Waals surface area (Å²) in [6.07, 6.45) is 0. The minimum absolute atomic E-state index is 0.348. The summed E-state index contributed by atoms with van der Waals surface area (Å²) < 4.78 is 29.9. The topological polar surface area (TPSA) is 63.2 Å². The van der Waals surface area contributed by atoms with Crippen molar-refractivity contribution in [3.63, 3.8) is 0 Å². The van der Waals surface area contributed by atoms with Crippen LogP contribution in [0, 0.1) is 0 Å². The highest BCUT2D eigenvalue weighted by Gasteiger charge is 2.52. The van der Waals surface area contributed by atoms with E-state index in [1.165, 1.54) is 7.11 Å². The summed E-state index contributed by atoms with van der Waals surface area (Å²) >= 11 is 0. The zero-order valence-corrected chi connectivity index (χ0v) is 18.9. The first-order valence-corrected chi connectivity index (χ1v) is 18.2. The number of ether oxygens (including phenoxy) is 1. The molecule has 1 saturated heterocycles. The molecule has 0 radical (unpaired) electrons. The summed E-state index contributed by atoms with van der Waals surface area (Å²) in [5, 5.41) is 0. The monoisotopic (exact) mass is 380 g/mol. The highest BCUT2D eigenvalue weighted by molar-refractivity contribution is 6.93. The molecule has 0 spiro atoms. The van der Waals surface area contributed by atoms with Crippen LogP contribution in [0.2, 0.25) is 51.9 Å². The largest absolute Gasteiger partial charge is 0.466 e. The third kappa shape index (κ3) is 5.85. The van der Waals surface area contributed by atoms with E-state index in [1.54, 1.807) is 0 Å². The summed E-state index contributed by atoms with van der Waals surface area (Å²) in [5.74, 6) is -0.432. The number of hydrogen-bond donors (Lipinski definition) is 0. The van der Waals surface area contributed by atoms with Crippen LogP contribution in [0.5, 0.6) is 0 Å². The lowest BCUT2D eigenvalue weighted by molar-refractivity contribution is -0.136. The number of carbonyl (C=O) groups excluding carboxylic acids is 1. The van der Waals surface area contributed by atoms with Gasteiger partial charge in [0.15, 0.2) is 0 Å². The van der Waals surface area contributed by atoms with Gasteiger partial charge in [0.25, 0.3) is 0 Å². The van der Waals surface area contributed by atoms with E-state index in [0.29, 0.717) is 11.6 Å². The zero-order chi connectivity index (χ0) is 17.4. The predicted octanol–water partition coefficient (Wildman–Crippen LogP) is 2.97. The second-order valence-electron chi connectivity index (χ2n) is 7.01. The fourth-order valence-corrected chi connectivity index (χ4v) is 24.4. The summed E-state index contributed by atoms with van der Waals surface area (Å²) in [6, 6.07) is 0.348. The molecule has 0 aromatic rings. The smallest absolute Gasteiger partial charge is 0.332 e. The number of esters is 1. The summed E-state index contributed by atoms with van der Waals surface area (Å²) in [5.41, 5.74) is 0.364. The quantitative estimate of drug-likeness (QED) is 0.426. The van der Waals surface area contributed by atoms with Crippen LogP contribution in [0.15, 0.2) is 12.2 Å². The number of rotatable bonds is 3. The third-order valence-corrected chi connectivity index (χ3v) is 19.2. The van der Waals surface area contributed by atoms with Gasteiger partial charge in [-0.3, -0.25) is 0 Å². The van der Waals surface area contributed by atoms with Gasteiger partial charge in [0.1, 0.15) is 0 Å². The van der Waals surface area contributed by atoms with Crippen molar-refractivity contribution in [2.24, 2.45) is 0 Å². The van der Waals surface area contributed by atoms with E-state index >= 15 is 0 Å². The van der Waals surface area contributed by atoms with Gasteiger partial charge in [0.05, 0.1) is 7.11 Å². The van der Waals surface area contributed by atoms with Crippen molar-refractivity contribution < 1.29 is 26.0 Å². The van der Waals surface area contributed by atoms with E-state index < -0.39 is 40.2 Å². The van der Waals surface area contributed by atoms with E-state index in [1.807, 2.05) is 45.8 Å². The SMILES string of the molecule is C=C(C[Si]1(C)O[Si](C)(C)O[Si](C)(C)O[Si](C)(C)O1)C(=O)OC. The molecule has 0 aromatic carbocycles. The molecule has 1 aliphatic rings. The maximum Gasteiger partial charge on any atom is 0.332 e. The predicted molar refractivity (Wildman–Crippen MR) is 94.4 cm³/mol. The van der Waals surface area contributed by atoms with Crippen LogP contribution >= 0.6 is 0 Å². The van der Waals surface area contributed by atoms with Crippen LogP contribution < -0.4 is 0 Å². The van der Waals surface area contributed by atoms with Crippen LogP contribution in [0.25, 0.3) is 0 Å². The lowest BCUT2D eigenvalue weighted by Gasteiger charge is -2.47. The average Bonchev–Trinajstić information content (AvgIpc) is 2.19. The molecule has 0 atom stereocenters. The highest BCUT2D eigenvalue weighted by atomic mass is 28.5. The lowest BCUT2D eigenvalue weighted by Crippen LogP contribution is -2.65. The van der Waals surface area contributed by atoms with Crippen molar-refractivity contribution in [2.75, 3.05) is 7.11 Å². The molecule has 0 unspecified atom stereocenters. The second kappa shape index (κ2) is 6.43. The van der Waals surface area contributed by atoms with Crippen molar-refractivity contribution in [3.8, 4) is 0 Å². The molecule has 0 aliphatic carbocycles. The fourth-order valence-electron chi connectivity index (χ4n) is 2.98. The van der Waals surface area contributed by atoms with Crippen molar-refractivity contribution in [1.29, 1.82) is 0 Å². The molecule has 1 fully saturated rings. The molecule has 1 aliphatic heterocycles. The zero-order valence-electron chi connectivity index (χ0n) is 14.9. The minimum Gasteiger partial charge on any atom is -0.466 e. The van der Waals surface area contributed by atoms with Gasteiger partial charge in [0, 0.05) is 11.6 Å². The van der Waals surface area contributed by atoms with Crippen LogP contribution in [-0.2, 0) is 26.0 Å². The first-order valence-electron chi connectivity index (χ1n) is 7.26. The maximum atomic E-state index is 11.7. The molecule has 128 valence electrons. The Morgan fingerprint density at radius 1 is 0.864 bits per heavy atom. The third-order valence-electron chi connectivity index (χ3n) is 2.92. The Hall–Kier alpha value is -0.0825. The van der Waals surface area contributed by atoms with Gasteiger partial charge >= 0.3 is 40.2 Å². The fraction of sp³-hybridized carbons (Fsp3) is 0.750. The normalized spacial score (nSPS) is 25.6. The Morgan fingerprint density at radius 2 is 1.23 bits per heavy atom. The van der Waals surface area contributed by atoms with Crippen LogP contribution in [-0.4, -0.2) is 47.3 Å². The van der Waals surface area contributed by atoms with Gasteiger partial charge in [-0.2, -0.15) is 0 Å². The molecular weight excluding hydrogens is 352 g/mol.